The molecule has 5 heteroatoms. The number of phenolic OH excluding ortho intramolecular Hbond substituents is 3. The SMILES string of the molecule is Cc1c(O)c(O)c2cc3c(cc2c1O)C(=O)C=CC3=O. The second kappa shape index (κ2) is 3.84. The lowest BCUT2D eigenvalue weighted by atomic mass is 9.90. The molecule has 3 N–H and O–H groups in total. The summed E-state index contributed by atoms with van der Waals surface area (Å²) >= 11 is 0. The topological polar surface area (TPSA) is 94.8 Å². The molecule has 0 amide bonds. The number of rotatable bonds is 0. The number of benzene rings is 2. The van der Waals surface area contributed by atoms with Crippen molar-refractivity contribution >= 4 is 22.3 Å². The van der Waals surface area contributed by atoms with Crippen molar-refractivity contribution in [1.29, 1.82) is 0 Å². The summed E-state index contributed by atoms with van der Waals surface area (Å²) in [6, 6.07) is 2.67. The van der Waals surface area contributed by atoms with Gasteiger partial charge in [0.15, 0.2) is 23.1 Å². The largest absolute Gasteiger partial charge is 0.507 e. The Labute approximate surface area is 113 Å². The number of carbonyl (C=O) groups is 2. The van der Waals surface area contributed by atoms with Crippen molar-refractivity contribution in [3.63, 3.8) is 0 Å². The third-order valence-corrected chi connectivity index (χ3v) is 3.52. The maximum atomic E-state index is 11.8. The standard InChI is InChI=1S/C15H10O5/c1-6-13(18)9-4-7-8(12(17)3-2-11(7)16)5-10(9)15(20)14(6)19/h2-5,18-20H,1H3. The maximum Gasteiger partial charge on any atom is 0.186 e. The van der Waals surface area contributed by atoms with E-state index < -0.39 is 11.5 Å². The number of fused-ring (bicyclic) bond motifs is 2. The van der Waals surface area contributed by atoms with Gasteiger partial charge in [0, 0.05) is 27.5 Å². The van der Waals surface area contributed by atoms with E-state index in [-0.39, 0.29) is 44.8 Å². The number of phenols is 3. The van der Waals surface area contributed by atoms with Crippen molar-refractivity contribution < 1.29 is 24.9 Å². The van der Waals surface area contributed by atoms with Crippen molar-refractivity contribution in [1.82, 2.24) is 0 Å². The van der Waals surface area contributed by atoms with Crippen molar-refractivity contribution in [2.45, 2.75) is 6.92 Å². The van der Waals surface area contributed by atoms with Crippen LogP contribution in [0.4, 0.5) is 0 Å². The Morgan fingerprint density at radius 3 is 1.70 bits per heavy atom. The zero-order valence-corrected chi connectivity index (χ0v) is 10.5. The minimum atomic E-state index is -0.444. The van der Waals surface area contributed by atoms with Gasteiger partial charge in [0.05, 0.1) is 0 Å². The van der Waals surface area contributed by atoms with E-state index in [9.17, 15) is 24.9 Å². The van der Waals surface area contributed by atoms with Crippen LogP contribution in [0, 0.1) is 6.92 Å². The van der Waals surface area contributed by atoms with Crippen LogP contribution in [0.25, 0.3) is 10.8 Å². The van der Waals surface area contributed by atoms with Gasteiger partial charge < -0.3 is 15.3 Å². The van der Waals surface area contributed by atoms with E-state index >= 15 is 0 Å². The van der Waals surface area contributed by atoms with Crippen LogP contribution < -0.4 is 0 Å². The molecule has 2 aromatic carbocycles. The molecule has 3 rings (SSSR count). The molecule has 0 unspecified atom stereocenters. The summed E-state index contributed by atoms with van der Waals surface area (Å²) in [6.45, 7) is 1.44. The van der Waals surface area contributed by atoms with Crippen LogP contribution in [0.2, 0.25) is 0 Å². The Kier molecular flexibility index (Phi) is 2.34. The number of carbonyl (C=O) groups excluding carboxylic acids is 2. The molecule has 1 aliphatic carbocycles. The first-order valence-electron chi connectivity index (χ1n) is 5.89. The number of aromatic hydroxyl groups is 3. The monoisotopic (exact) mass is 270 g/mol. The Morgan fingerprint density at radius 2 is 1.20 bits per heavy atom. The third kappa shape index (κ3) is 1.43. The Hall–Kier alpha value is -2.82. The minimum Gasteiger partial charge on any atom is -0.507 e. The second-order valence-electron chi connectivity index (χ2n) is 4.68. The van der Waals surface area contributed by atoms with Crippen molar-refractivity contribution in [3.05, 3.63) is 41.0 Å². The predicted molar refractivity (Wildman–Crippen MR) is 71.5 cm³/mol. The van der Waals surface area contributed by atoms with Gasteiger partial charge in [-0.25, -0.2) is 0 Å². The molecular formula is C15H10O5. The van der Waals surface area contributed by atoms with E-state index in [2.05, 4.69) is 0 Å². The first-order valence-corrected chi connectivity index (χ1v) is 5.89. The van der Waals surface area contributed by atoms with E-state index in [0.717, 1.165) is 6.08 Å². The Balaban J connectivity index is 2.50. The second-order valence-corrected chi connectivity index (χ2v) is 4.68. The van der Waals surface area contributed by atoms with Crippen LogP contribution in [0.15, 0.2) is 24.3 Å². The van der Waals surface area contributed by atoms with E-state index in [0.29, 0.717) is 0 Å². The first-order chi connectivity index (χ1) is 9.41. The van der Waals surface area contributed by atoms with Crippen LogP contribution in [-0.4, -0.2) is 26.9 Å². The number of hydrogen-bond acceptors (Lipinski definition) is 5. The molecule has 0 spiro atoms. The molecule has 100 valence electrons. The van der Waals surface area contributed by atoms with Crippen LogP contribution >= 0.6 is 0 Å². The Bertz CT molecular complexity index is 762. The molecule has 2 aromatic rings. The van der Waals surface area contributed by atoms with Gasteiger partial charge in [-0.1, -0.05) is 0 Å². The summed E-state index contributed by atoms with van der Waals surface area (Å²) in [5, 5.41) is 30.0. The highest BCUT2D eigenvalue weighted by Gasteiger charge is 2.23. The quantitative estimate of drug-likeness (QED) is 0.504. The average molecular weight is 270 g/mol. The van der Waals surface area contributed by atoms with Crippen molar-refractivity contribution in [2.75, 3.05) is 0 Å². The van der Waals surface area contributed by atoms with E-state index in [1.165, 1.54) is 25.1 Å². The van der Waals surface area contributed by atoms with Crippen LogP contribution in [0.5, 0.6) is 17.2 Å². The van der Waals surface area contributed by atoms with E-state index in [1.807, 2.05) is 0 Å². The van der Waals surface area contributed by atoms with Crippen molar-refractivity contribution in [2.24, 2.45) is 0 Å². The molecule has 0 radical (unpaired) electrons. The van der Waals surface area contributed by atoms with Gasteiger partial charge in [0.1, 0.15) is 5.75 Å². The van der Waals surface area contributed by atoms with Gasteiger partial charge in [-0.05, 0) is 31.2 Å². The molecule has 0 atom stereocenters. The smallest absolute Gasteiger partial charge is 0.186 e. The number of ketones is 2. The molecule has 20 heavy (non-hydrogen) atoms. The highest BCUT2D eigenvalue weighted by Crippen LogP contribution is 2.44. The molecule has 0 heterocycles. The van der Waals surface area contributed by atoms with Gasteiger partial charge in [-0.2, -0.15) is 0 Å². The number of hydrogen-bond donors (Lipinski definition) is 3. The summed E-state index contributed by atoms with van der Waals surface area (Å²) in [4.78, 5) is 23.6. The first kappa shape index (κ1) is 12.2. The van der Waals surface area contributed by atoms with Gasteiger partial charge in [-0.15, -0.1) is 0 Å². The number of allylic oxidation sites excluding steroid dienone is 2. The molecule has 1 aliphatic rings. The predicted octanol–water partition coefficient (Wildman–Crippen LogP) is 2.20. The lowest BCUT2D eigenvalue weighted by molar-refractivity contribution is 0.0994. The van der Waals surface area contributed by atoms with Gasteiger partial charge >= 0.3 is 0 Å². The molecule has 5 nitrogen and oxygen atoms in total. The normalized spacial score (nSPS) is 13.8. The lowest BCUT2D eigenvalue weighted by Crippen LogP contribution is -2.11. The van der Waals surface area contributed by atoms with Gasteiger partial charge in [0.25, 0.3) is 0 Å². The van der Waals surface area contributed by atoms with Crippen molar-refractivity contribution in [3.8, 4) is 17.2 Å². The molecule has 0 bridgehead atoms. The maximum absolute atomic E-state index is 11.8. The summed E-state index contributed by atoms with van der Waals surface area (Å²) in [5.74, 6) is -1.80. The zero-order valence-electron chi connectivity index (χ0n) is 10.5. The summed E-state index contributed by atoms with van der Waals surface area (Å²) in [5.41, 5.74) is 0.424. The molecule has 0 saturated carbocycles. The highest BCUT2D eigenvalue weighted by atomic mass is 16.3. The van der Waals surface area contributed by atoms with Gasteiger partial charge in [-0.3, -0.25) is 9.59 Å². The van der Waals surface area contributed by atoms with Crippen LogP contribution in [0.3, 0.4) is 0 Å². The minimum absolute atomic E-state index is 0.111. The molecule has 0 aromatic heterocycles. The highest BCUT2D eigenvalue weighted by molar-refractivity contribution is 6.24. The summed E-state index contributed by atoms with van der Waals surface area (Å²) in [7, 11) is 0. The molecular weight excluding hydrogens is 260 g/mol. The lowest BCUT2D eigenvalue weighted by Gasteiger charge is -2.14. The molecule has 0 saturated heterocycles. The summed E-state index contributed by atoms with van der Waals surface area (Å²) in [6.07, 6.45) is 2.32. The average Bonchev–Trinajstić information content (AvgIpc) is 2.45. The van der Waals surface area contributed by atoms with Crippen LogP contribution in [-0.2, 0) is 0 Å². The van der Waals surface area contributed by atoms with Gasteiger partial charge in [0.2, 0.25) is 0 Å². The summed E-state index contributed by atoms with van der Waals surface area (Å²) < 4.78 is 0. The van der Waals surface area contributed by atoms with Crippen LogP contribution in [0.1, 0.15) is 26.3 Å². The fourth-order valence-electron chi connectivity index (χ4n) is 2.35. The third-order valence-electron chi connectivity index (χ3n) is 3.52. The van der Waals surface area contributed by atoms with E-state index in [1.54, 1.807) is 0 Å². The fraction of sp³-hybridized carbons (Fsp3) is 0.0667. The molecule has 0 aliphatic heterocycles. The zero-order chi connectivity index (χ0) is 14.6. The van der Waals surface area contributed by atoms with E-state index in [4.69, 9.17) is 0 Å². The fourth-order valence-corrected chi connectivity index (χ4v) is 2.35. The Morgan fingerprint density at radius 1 is 0.750 bits per heavy atom. The molecule has 0 fully saturated rings.